The van der Waals surface area contributed by atoms with E-state index in [1.807, 2.05) is 60.7 Å². The molecule has 1 aromatic heterocycles. The molecule has 7 nitrogen and oxygen atoms in total. The van der Waals surface area contributed by atoms with Crippen LogP contribution in [0.25, 0.3) is 0 Å². The van der Waals surface area contributed by atoms with Crippen molar-refractivity contribution >= 4 is 17.5 Å². The fourth-order valence-corrected chi connectivity index (χ4v) is 4.05. The molecule has 3 aromatic rings. The topological polar surface area (TPSA) is 106 Å². The van der Waals surface area contributed by atoms with Gasteiger partial charge in [-0.05, 0) is 48.1 Å². The summed E-state index contributed by atoms with van der Waals surface area (Å²) in [6.45, 7) is 2.76. The number of pyridine rings is 1. The number of hydrogen-bond acceptors (Lipinski definition) is 5. The second-order valence-corrected chi connectivity index (χ2v) is 8.57. The zero-order valence-corrected chi connectivity index (χ0v) is 19.1. The fourth-order valence-electron chi connectivity index (χ4n) is 4.05. The smallest absolute Gasteiger partial charge is 0.252 e. The van der Waals surface area contributed by atoms with Gasteiger partial charge >= 0.3 is 0 Å². The van der Waals surface area contributed by atoms with E-state index in [1.54, 1.807) is 0 Å². The number of carbonyl (C=O) groups is 2. The van der Waals surface area contributed by atoms with Crippen LogP contribution in [-0.2, 0) is 17.7 Å². The van der Waals surface area contributed by atoms with Gasteiger partial charge in [-0.2, -0.15) is 0 Å². The molecule has 0 radical (unpaired) electrons. The largest absolute Gasteiger partial charge is 0.381 e. The molecule has 2 heterocycles. The second kappa shape index (κ2) is 11.4. The predicted molar refractivity (Wildman–Crippen MR) is 132 cm³/mol. The third kappa shape index (κ3) is 6.42. The number of amides is 2. The molecular formula is C27H30N4O3. The van der Waals surface area contributed by atoms with Gasteiger partial charge < -0.3 is 21.1 Å². The van der Waals surface area contributed by atoms with Crippen LogP contribution in [0, 0.1) is 5.92 Å². The van der Waals surface area contributed by atoms with Crippen molar-refractivity contribution in [3.8, 4) is 0 Å². The van der Waals surface area contributed by atoms with E-state index < -0.39 is 5.91 Å². The lowest BCUT2D eigenvalue weighted by molar-refractivity contribution is 0.0642. The third-order valence-electron chi connectivity index (χ3n) is 6.02. The van der Waals surface area contributed by atoms with Crippen LogP contribution in [0.1, 0.15) is 50.4 Å². The first-order valence-electron chi connectivity index (χ1n) is 11.6. The summed E-state index contributed by atoms with van der Waals surface area (Å²) in [4.78, 5) is 29.0. The molecule has 1 aliphatic heterocycles. The third-order valence-corrected chi connectivity index (χ3v) is 6.02. The van der Waals surface area contributed by atoms with Crippen LogP contribution in [0.4, 0.5) is 5.69 Å². The van der Waals surface area contributed by atoms with Gasteiger partial charge in [-0.1, -0.05) is 42.5 Å². The highest BCUT2D eigenvalue weighted by atomic mass is 16.5. The summed E-state index contributed by atoms with van der Waals surface area (Å²) in [5.74, 6) is -0.135. The van der Waals surface area contributed by atoms with Crippen LogP contribution in [0.3, 0.4) is 0 Å². The molecule has 0 spiro atoms. The van der Waals surface area contributed by atoms with Gasteiger partial charge in [0.2, 0.25) is 0 Å². The van der Waals surface area contributed by atoms with Crippen molar-refractivity contribution in [2.24, 2.45) is 11.7 Å². The zero-order valence-electron chi connectivity index (χ0n) is 19.1. The highest BCUT2D eigenvalue weighted by Crippen LogP contribution is 2.20. The summed E-state index contributed by atoms with van der Waals surface area (Å²) in [5.41, 5.74) is 10.0. The maximum absolute atomic E-state index is 12.7. The molecule has 0 unspecified atom stereocenters. The van der Waals surface area contributed by atoms with Crippen LogP contribution in [0.15, 0.2) is 66.9 Å². The normalized spacial score (nSPS) is 13.9. The molecule has 1 fully saturated rings. The van der Waals surface area contributed by atoms with Gasteiger partial charge in [0.1, 0.15) is 0 Å². The Bertz CT molecular complexity index is 1130. The van der Waals surface area contributed by atoms with Crippen LogP contribution >= 0.6 is 0 Å². The molecular weight excluding hydrogens is 428 g/mol. The number of nitrogens with two attached hydrogens (primary N) is 1. The number of nitrogens with one attached hydrogen (secondary N) is 2. The summed E-state index contributed by atoms with van der Waals surface area (Å²) in [7, 11) is 0. The van der Waals surface area contributed by atoms with Crippen molar-refractivity contribution in [3.63, 3.8) is 0 Å². The number of benzene rings is 2. The van der Waals surface area contributed by atoms with E-state index in [9.17, 15) is 9.59 Å². The van der Waals surface area contributed by atoms with Gasteiger partial charge in [0.05, 0.1) is 11.3 Å². The van der Waals surface area contributed by atoms with Gasteiger partial charge in [-0.15, -0.1) is 0 Å². The van der Waals surface area contributed by atoms with E-state index in [0.29, 0.717) is 42.2 Å². The quantitative estimate of drug-likeness (QED) is 0.455. The average molecular weight is 459 g/mol. The Hall–Kier alpha value is -3.71. The number of primary amides is 1. The molecule has 0 bridgehead atoms. The van der Waals surface area contributed by atoms with E-state index in [2.05, 4.69) is 15.6 Å². The number of carbonyl (C=O) groups excluding carboxylic acids is 2. The number of aromatic nitrogens is 1. The van der Waals surface area contributed by atoms with Gasteiger partial charge in [0.25, 0.3) is 11.8 Å². The lowest BCUT2D eigenvalue weighted by Gasteiger charge is -2.22. The first kappa shape index (κ1) is 23.4. The van der Waals surface area contributed by atoms with E-state index in [0.717, 1.165) is 42.9 Å². The van der Waals surface area contributed by atoms with E-state index in [-0.39, 0.29) is 5.91 Å². The molecule has 4 N–H and O–H groups in total. The Kier molecular flexibility index (Phi) is 7.88. The molecule has 7 heteroatoms. The Morgan fingerprint density at radius 3 is 2.53 bits per heavy atom. The molecule has 2 amide bonds. The van der Waals surface area contributed by atoms with E-state index in [4.69, 9.17) is 10.5 Å². The molecule has 4 rings (SSSR count). The molecule has 0 atom stereocenters. The maximum atomic E-state index is 12.7. The first-order chi connectivity index (χ1) is 16.6. The number of ether oxygens (including phenoxy) is 1. The van der Waals surface area contributed by atoms with Gasteiger partial charge in [0, 0.05) is 50.2 Å². The van der Waals surface area contributed by atoms with Crippen LogP contribution in [-0.4, -0.2) is 36.6 Å². The average Bonchev–Trinajstić information content (AvgIpc) is 2.87. The lowest BCUT2D eigenvalue weighted by atomic mass is 10.00. The minimum absolute atomic E-state index is 0.0735. The summed E-state index contributed by atoms with van der Waals surface area (Å²) in [6.07, 6.45) is 4.00. The number of anilines is 1. The summed E-state index contributed by atoms with van der Waals surface area (Å²) in [5, 5.41) is 6.35. The second-order valence-electron chi connectivity index (χ2n) is 8.57. The maximum Gasteiger partial charge on any atom is 0.252 e. The van der Waals surface area contributed by atoms with Crippen molar-refractivity contribution in [1.82, 2.24) is 10.3 Å². The Balaban J connectivity index is 1.43. The SMILES string of the molecule is NC(=O)c1cnc(Cc2cccc(C(=O)NCC3CCOCC3)c2)cc1NCc1ccccc1. The number of nitrogens with zero attached hydrogens (tertiary/aromatic N) is 1. The van der Waals surface area contributed by atoms with Gasteiger partial charge in [-0.25, -0.2) is 0 Å². The van der Waals surface area contributed by atoms with Gasteiger partial charge in [0.15, 0.2) is 0 Å². The number of rotatable bonds is 9. The fraction of sp³-hybridized carbons (Fsp3) is 0.296. The van der Waals surface area contributed by atoms with Crippen molar-refractivity contribution in [2.45, 2.75) is 25.8 Å². The van der Waals surface area contributed by atoms with Gasteiger partial charge in [-0.3, -0.25) is 14.6 Å². The zero-order chi connectivity index (χ0) is 23.8. The molecule has 1 saturated heterocycles. The minimum atomic E-state index is -0.530. The first-order valence-corrected chi connectivity index (χ1v) is 11.6. The summed E-state index contributed by atoms with van der Waals surface area (Å²) >= 11 is 0. The molecule has 1 aliphatic rings. The molecule has 34 heavy (non-hydrogen) atoms. The minimum Gasteiger partial charge on any atom is -0.381 e. The van der Waals surface area contributed by atoms with Crippen LogP contribution in [0.5, 0.6) is 0 Å². The Labute approximate surface area is 199 Å². The van der Waals surface area contributed by atoms with Crippen LogP contribution < -0.4 is 16.4 Å². The van der Waals surface area contributed by atoms with Crippen molar-refractivity contribution in [2.75, 3.05) is 25.1 Å². The monoisotopic (exact) mass is 458 g/mol. The van der Waals surface area contributed by atoms with E-state index >= 15 is 0 Å². The molecule has 0 aliphatic carbocycles. The summed E-state index contributed by atoms with van der Waals surface area (Å²) in [6, 6.07) is 19.3. The lowest BCUT2D eigenvalue weighted by Crippen LogP contribution is -2.32. The molecule has 2 aromatic carbocycles. The van der Waals surface area contributed by atoms with E-state index in [1.165, 1.54) is 6.20 Å². The Morgan fingerprint density at radius 1 is 1.00 bits per heavy atom. The van der Waals surface area contributed by atoms with Crippen molar-refractivity contribution < 1.29 is 14.3 Å². The molecule has 0 saturated carbocycles. The molecule has 176 valence electrons. The standard InChI is InChI=1S/C27H30N4O3/c28-26(32)24-18-29-23(15-25(24)30-16-19-5-2-1-3-6-19)14-21-7-4-8-22(13-21)27(33)31-17-20-9-11-34-12-10-20/h1-8,13,15,18,20H,9-12,14,16-17H2,(H2,28,32)(H,29,30)(H,31,33). The van der Waals surface area contributed by atoms with Crippen molar-refractivity contribution in [1.29, 1.82) is 0 Å². The highest BCUT2D eigenvalue weighted by molar-refractivity contribution is 5.98. The highest BCUT2D eigenvalue weighted by Gasteiger charge is 2.16. The summed E-state index contributed by atoms with van der Waals surface area (Å²) < 4.78 is 5.38. The predicted octanol–water partition coefficient (Wildman–Crippen LogP) is 3.54. The Morgan fingerprint density at radius 2 is 1.76 bits per heavy atom. The van der Waals surface area contributed by atoms with Crippen LogP contribution in [0.2, 0.25) is 0 Å². The van der Waals surface area contributed by atoms with Crippen molar-refractivity contribution in [3.05, 3.63) is 94.8 Å². The number of hydrogen-bond donors (Lipinski definition) is 3.